The summed E-state index contributed by atoms with van der Waals surface area (Å²) in [4.78, 5) is 23.9. The summed E-state index contributed by atoms with van der Waals surface area (Å²) in [6.07, 6.45) is -0.0825. The lowest BCUT2D eigenvalue weighted by Gasteiger charge is -2.11. The van der Waals surface area contributed by atoms with Gasteiger partial charge in [0, 0.05) is 6.42 Å². The van der Waals surface area contributed by atoms with Gasteiger partial charge in [-0.05, 0) is 17.9 Å². The molecule has 1 aromatic rings. The molecule has 1 aromatic carbocycles. The van der Waals surface area contributed by atoms with E-state index in [-0.39, 0.29) is 23.7 Å². The van der Waals surface area contributed by atoms with Crippen molar-refractivity contribution in [1.29, 1.82) is 0 Å². The average Bonchev–Trinajstić information content (AvgIpc) is 2.64. The van der Waals surface area contributed by atoms with Gasteiger partial charge in [-0.3, -0.25) is 4.79 Å². The lowest BCUT2D eigenvalue weighted by molar-refractivity contribution is -0.141. The molecule has 0 saturated heterocycles. The number of carbonyl (C=O) groups is 2. The van der Waals surface area contributed by atoms with E-state index in [1.807, 2.05) is 32.0 Å². The summed E-state index contributed by atoms with van der Waals surface area (Å²) in [6, 6.07) is 9.12. The number of hydrogen-bond acceptors (Lipinski definition) is 4. The Morgan fingerprint density at radius 2 is 1.95 bits per heavy atom. The van der Waals surface area contributed by atoms with Gasteiger partial charge in [0.25, 0.3) is 0 Å². The van der Waals surface area contributed by atoms with Crippen LogP contribution in [0.3, 0.4) is 0 Å². The van der Waals surface area contributed by atoms with Crippen LogP contribution in [0.4, 0.5) is 0 Å². The van der Waals surface area contributed by atoms with Crippen LogP contribution in [0.25, 0.3) is 0 Å². The van der Waals surface area contributed by atoms with Crippen LogP contribution in [-0.2, 0) is 20.7 Å². The predicted molar refractivity (Wildman–Crippen MR) is 74.1 cm³/mol. The molecular formula is C16H18O4. The van der Waals surface area contributed by atoms with Crippen molar-refractivity contribution in [3.63, 3.8) is 0 Å². The number of carbonyl (C=O) groups excluding carboxylic acids is 2. The molecular weight excluding hydrogens is 256 g/mol. The molecule has 0 amide bonds. The number of rotatable bonds is 5. The number of esters is 1. The highest BCUT2D eigenvalue weighted by Gasteiger charge is 2.38. The molecule has 0 spiro atoms. The lowest BCUT2D eigenvalue weighted by Crippen LogP contribution is -2.14. The standard InChI is InChI=1S/C16H18O4/c1-10(2)8-13-15(18)14(16(19)20-13)12(17)9-11-6-4-3-5-7-11/h3-7,10,13,18H,8-9H2,1-2H3. The van der Waals surface area contributed by atoms with Crippen molar-refractivity contribution in [3.8, 4) is 0 Å². The topological polar surface area (TPSA) is 63.6 Å². The van der Waals surface area contributed by atoms with E-state index in [9.17, 15) is 14.7 Å². The third-order valence-electron chi connectivity index (χ3n) is 3.19. The Hall–Kier alpha value is -2.10. The van der Waals surface area contributed by atoms with Crippen LogP contribution in [0.1, 0.15) is 25.8 Å². The third-order valence-corrected chi connectivity index (χ3v) is 3.19. The highest BCUT2D eigenvalue weighted by Crippen LogP contribution is 2.26. The molecule has 1 heterocycles. The van der Waals surface area contributed by atoms with Gasteiger partial charge in [0.2, 0.25) is 0 Å². The first-order valence-electron chi connectivity index (χ1n) is 6.70. The number of benzene rings is 1. The fourth-order valence-corrected chi connectivity index (χ4v) is 2.22. The number of aliphatic hydroxyl groups is 1. The Bertz CT molecular complexity index is 543. The first-order valence-corrected chi connectivity index (χ1v) is 6.70. The van der Waals surface area contributed by atoms with Crippen molar-refractivity contribution in [1.82, 2.24) is 0 Å². The molecule has 1 aliphatic rings. The molecule has 1 aliphatic heterocycles. The smallest absolute Gasteiger partial charge is 0.346 e. The number of aliphatic hydroxyl groups excluding tert-OH is 1. The summed E-state index contributed by atoms with van der Waals surface area (Å²) in [5.41, 5.74) is 0.609. The Labute approximate surface area is 118 Å². The zero-order valence-corrected chi connectivity index (χ0v) is 11.6. The molecule has 4 nitrogen and oxygen atoms in total. The minimum atomic E-state index is -0.714. The van der Waals surface area contributed by atoms with Crippen molar-refractivity contribution >= 4 is 11.8 Å². The highest BCUT2D eigenvalue weighted by atomic mass is 16.6. The van der Waals surface area contributed by atoms with Gasteiger partial charge in [0.05, 0.1) is 0 Å². The maximum atomic E-state index is 12.1. The molecule has 2 rings (SSSR count). The summed E-state index contributed by atoms with van der Waals surface area (Å²) < 4.78 is 5.07. The van der Waals surface area contributed by atoms with E-state index in [1.165, 1.54) is 0 Å². The quantitative estimate of drug-likeness (QED) is 0.662. The van der Waals surface area contributed by atoms with E-state index in [4.69, 9.17) is 4.74 Å². The average molecular weight is 274 g/mol. The molecule has 0 aromatic heterocycles. The summed E-state index contributed by atoms with van der Waals surface area (Å²) in [6.45, 7) is 3.93. The van der Waals surface area contributed by atoms with Crippen molar-refractivity contribution in [2.75, 3.05) is 0 Å². The summed E-state index contributed by atoms with van der Waals surface area (Å²) in [5, 5.41) is 10.0. The highest BCUT2D eigenvalue weighted by molar-refractivity contribution is 6.19. The molecule has 0 aliphatic carbocycles. The lowest BCUT2D eigenvalue weighted by atomic mass is 9.99. The largest absolute Gasteiger partial charge is 0.507 e. The van der Waals surface area contributed by atoms with Gasteiger partial charge >= 0.3 is 5.97 Å². The summed E-state index contributed by atoms with van der Waals surface area (Å²) in [7, 11) is 0. The van der Waals surface area contributed by atoms with Crippen LogP contribution in [0.5, 0.6) is 0 Å². The Balaban J connectivity index is 2.16. The Kier molecular flexibility index (Phi) is 4.23. The molecule has 0 radical (unpaired) electrons. The Morgan fingerprint density at radius 3 is 2.55 bits per heavy atom. The van der Waals surface area contributed by atoms with Crippen LogP contribution in [0, 0.1) is 5.92 Å². The van der Waals surface area contributed by atoms with Crippen LogP contribution >= 0.6 is 0 Å². The van der Waals surface area contributed by atoms with E-state index in [2.05, 4.69) is 0 Å². The minimum Gasteiger partial charge on any atom is -0.507 e. The van der Waals surface area contributed by atoms with Crippen LogP contribution in [0.2, 0.25) is 0 Å². The van der Waals surface area contributed by atoms with E-state index in [0.717, 1.165) is 5.56 Å². The SMILES string of the molecule is CC(C)CC1OC(=O)C(C(=O)Cc2ccccc2)=C1O. The zero-order chi connectivity index (χ0) is 14.7. The molecule has 0 fully saturated rings. The molecule has 1 atom stereocenters. The van der Waals surface area contributed by atoms with Crippen molar-refractivity contribution in [2.45, 2.75) is 32.8 Å². The van der Waals surface area contributed by atoms with Crippen LogP contribution < -0.4 is 0 Å². The number of ether oxygens (including phenoxy) is 1. The van der Waals surface area contributed by atoms with Crippen molar-refractivity contribution in [3.05, 3.63) is 47.2 Å². The van der Waals surface area contributed by atoms with Crippen LogP contribution in [-0.4, -0.2) is 23.0 Å². The van der Waals surface area contributed by atoms with Crippen molar-refractivity contribution < 1.29 is 19.4 Å². The second-order valence-corrected chi connectivity index (χ2v) is 5.37. The maximum Gasteiger partial charge on any atom is 0.346 e. The number of Topliss-reactive ketones (excluding diaryl/α,β-unsaturated/α-hetero) is 1. The van der Waals surface area contributed by atoms with Gasteiger partial charge < -0.3 is 9.84 Å². The van der Waals surface area contributed by atoms with E-state index in [1.54, 1.807) is 12.1 Å². The van der Waals surface area contributed by atoms with Crippen LogP contribution in [0.15, 0.2) is 41.7 Å². The summed E-state index contributed by atoms with van der Waals surface area (Å²) in [5.74, 6) is -1.07. The number of ketones is 1. The molecule has 0 bridgehead atoms. The monoisotopic (exact) mass is 274 g/mol. The molecule has 106 valence electrons. The van der Waals surface area contributed by atoms with E-state index < -0.39 is 17.9 Å². The zero-order valence-electron chi connectivity index (χ0n) is 11.6. The van der Waals surface area contributed by atoms with Gasteiger partial charge in [0.1, 0.15) is 5.57 Å². The van der Waals surface area contributed by atoms with Gasteiger partial charge in [-0.15, -0.1) is 0 Å². The molecule has 1 N–H and O–H groups in total. The predicted octanol–water partition coefficient (Wildman–Crippen LogP) is 2.58. The summed E-state index contributed by atoms with van der Waals surface area (Å²) >= 11 is 0. The second-order valence-electron chi connectivity index (χ2n) is 5.37. The first kappa shape index (κ1) is 14.3. The molecule has 0 saturated carbocycles. The number of hydrogen-bond donors (Lipinski definition) is 1. The number of cyclic esters (lactones) is 1. The minimum absolute atomic E-state index is 0.0870. The van der Waals surface area contributed by atoms with Crippen molar-refractivity contribution in [2.24, 2.45) is 5.92 Å². The maximum absolute atomic E-state index is 12.1. The second kappa shape index (κ2) is 5.90. The van der Waals surface area contributed by atoms with Gasteiger partial charge in [0.15, 0.2) is 17.6 Å². The fourth-order valence-electron chi connectivity index (χ4n) is 2.22. The normalized spacial score (nSPS) is 18.6. The first-order chi connectivity index (χ1) is 9.49. The Morgan fingerprint density at radius 1 is 1.30 bits per heavy atom. The molecule has 20 heavy (non-hydrogen) atoms. The van der Waals surface area contributed by atoms with E-state index in [0.29, 0.717) is 6.42 Å². The molecule has 1 unspecified atom stereocenters. The molecule has 4 heteroatoms. The van der Waals surface area contributed by atoms with Gasteiger partial charge in [-0.25, -0.2) is 4.79 Å². The third kappa shape index (κ3) is 3.07. The van der Waals surface area contributed by atoms with E-state index >= 15 is 0 Å². The van der Waals surface area contributed by atoms with Gasteiger partial charge in [-0.1, -0.05) is 44.2 Å². The fraction of sp³-hybridized carbons (Fsp3) is 0.375. The van der Waals surface area contributed by atoms with Gasteiger partial charge in [-0.2, -0.15) is 0 Å².